The van der Waals surface area contributed by atoms with Gasteiger partial charge in [0.2, 0.25) is 0 Å². The minimum Gasteiger partial charge on any atom is -0.467 e. The van der Waals surface area contributed by atoms with Gasteiger partial charge in [-0.05, 0) is 35.7 Å². The molecule has 2 aromatic carbocycles. The molecule has 3 rings (SSSR count). The van der Waals surface area contributed by atoms with Crippen molar-refractivity contribution in [2.24, 2.45) is 5.92 Å². The number of fused-ring (bicyclic) bond motifs is 1. The Morgan fingerprint density at radius 1 is 1.10 bits per heavy atom. The molecule has 1 N–H and O–H groups in total. The molecular weight excluding hydrogens is 402 g/mol. The highest BCUT2D eigenvalue weighted by atomic mass is 32.1. The number of thiocarbonyl (C=S) groups is 1. The molecule has 3 aromatic rings. The van der Waals surface area contributed by atoms with Gasteiger partial charge in [0.1, 0.15) is 5.78 Å². The lowest BCUT2D eigenvalue weighted by Crippen LogP contribution is -2.38. The van der Waals surface area contributed by atoms with E-state index in [0.29, 0.717) is 17.8 Å². The van der Waals surface area contributed by atoms with E-state index in [9.17, 15) is 9.59 Å². The maximum absolute atomic E-state index is 12.6. The van der Waals surface area contributed by atoms with Gasteiger partial charge in [-0.15, -0.1) is 11.3 Å². The van der Waals surface area contributed by atoms with Gasteiger partial charge in [-0.2, -0.15) is 0 Å². The SMILES string of the molecule is COC(=O)C(NC(=S)C(CC(C)=O)Cc1ccccc1)c1csc2ccccc12. The fraction of sp³-hybridized carbons (Fsp3) is 0.261. The molecular formula is C23H23NO3S2. The van der Waals surface area contributed by atoms with E-state index in [1.807, 2.05) is 60.0 Å². The molecule has 2 unspecified atom stereocenters. The minimum atomic E-state index is -0.714. The molecule has 150 valence electrons. The normalized spacial score (nSPS) is 12.9. The second-order valence-corrected chi connectivity index (χ2v) is 8.30. The van der Waals surface area contributed by atoms with Crippen LogP contribution in [-0.4, -0.2) is 23.9 Å². The first-order valence-electron chi connectivity index (χ1n) is 9.37. The van der Waals surface area contributed by atoms with E-state index < -0.39 is 12.0 Å². The van der Waals surface area contributed by atoms with Crippen LogP contribution < -0.4 is 5.32 Å². The van der Waals surface area contributed by atoms with E-state index >= 15 is 0 Å². The van der Waals surface area contributed by atoms with Crippen LogP contribution in [0.4, 0.5) is 0 Å². The van der Waals surface area contributed by atoms with Crippen molar-refractivity contribution >= 4 is 50.4 Å². The van der Waals surface area contributed by atoms with Crippen LogP contribution in [0.15, 0.2) is 60.0 Å². The lowest BCUT2D eigenvalue weighted by atomic mass is 9.93. The number of carbonyl (C=O) groups is 2. The second kappa shape index (κ2) is 9.76. The van der Waals surface area contributed by atoms with E-state index in [4.69, 9.17) is 17.0 Å². The van der Waals surface area contributed by atoms with E-state index in [1.165, 1.54) is 7.11 Å². The fourth-order valence-electron chi connectivity index (χ4n) is 3.37. The van der Waals surface area contributed by atoms with Gasteiger partial charge < -0.3 is 14.8 Å². The maximum atomic E-state index is 12.6. The zero-order valence-electron chi connectivity index (χ0n) is 16.4. The number of nitrogens with one attached hydrogen (secondary N) is 1. The number of ketones is 1. The molecule has 1 heterocycles. The molecule has 0 saturated heterocycles. The average Bonchev–Trinajstić information content (AvgIpc) is 3.15. The quantitative estimate of drug-likeness (QED) is 0.412. The molecule has 0 bridgehead atoms. The highest BCUT2D eigenvalue weighted by molar-refractivity contribution is 7.80. The lowest BCUT2D eigenvalue weighted by molar-refractivity contribution is -0.142. The van der Waals surface area contributed by atoms with Crippen molar-refractivity contribution in [1.82, 2.24) is 5.32 Å². The molecule has 6 heteroatoms. The summed E-state index contributed by atoms with van der Waals surface area (Å²) in [5.74, 6) is -0.537. The van der Waals surface area contributed by atoms with Gasteiger partial charge in [0, 0.05) is 22.6 Å². The summed E-state index contributed by atoms with van der Waals surface area (Å²) < 4.78 is 6.13. The molecule has 29 heavy (non-hydrogen) atoms. The molecule has 0 aliphatic heterocycles. The number of hydrogen-bond donors (Lipinski definition) is 1. The third kappa shape index (κ3) is 5.28. The molecule has 0 radical (unpaired) electrons. The maximum Gasteiger partial charge on any atom is 0.333 e. The minimum absolute atomic E-state index is 0.0608. The van der Waals surface area contributed by atoms with Gasteiger partial charge in [0.15, 0.2) is 6.04 Å². The molecule has 0 fully saturated rings. The van der Waals surface area contributed by atoms with Crippen molar-refractivity contribution in [2.75, 3.05) is 7.11 Å². The van der Waals surface area contributed by atoms with Gasteiger partial charge in [-0.25, -0.2) is 4.79 Å². The summed E-state index contributed by atoms with van der Waals surface area (Å²) in [6, 6.07) is 17.1. The van der Waals surface area contributed by atoms with Gasteiger partial charge in [-0.1, -0.05) is 60.7 Å². The van der Waals surface area contributed by atoms with Crippen LogP contribution >= 0.6 is 23.6 Å². The first-order valence-corrected chi connectivity index (χ1v) is 10.7. The van der Waals surface area contributed by atoms with Crippen molar-refractivity contribution in [1.29, 1.82) is 0 Å². The average molecular weight is 426 g/mol. The summed E-state index contributed by atoms with van der Waals surface area (Å²) in [5.41, 5.74) is 1.93. The Morgan fingerprint density at radius 3 is 2.48 bits per heavy atom. The van der Waals surface area contributed by atoms with Gasteiger partial charge in [0.05, 0.1) is 12.1 Å². The molecule has 4 nitrogen and oxygen atoms in total. The van der Waals surface area contributed by atoms with E-state index in [2.05, 4.69) is 5.32 Å². The number of hydrogen-bond acceptors (Lipinski definition) is 5. The fourth-order valence-corrected chi connectivity index (χ4v) is 4.64. The number of esters is 1. The van der Waals surface area contributed by atoms with Gasteiger partial charge in [0.25, 0.3) is 0 Å². The summed E-state index contributed by atoms with van der Waals surface area (Å²) in [4.78, 5) is 24.9. The first-order chi connectivity index (χ1) is 14.0. The van der Waals surface area contributed by atoms with Crippen molar-refractivity contribution < 1.29 is 14.3 Å². The van der Waals surface area contributed by atoms with E-state index in [0.717, 1.165) is 21.2 Å². The van der Waals surface area contributed by atoms with E-state index in [-0.39, 0.29) is 11.7 Å². The van der Waals surface area contributed by atoms with E-state index in [1.54, 1.807) is 18.3 Å². The summed E-state index contributed by atoms with van der Waals surface area (Å²) in [5, 5.41) is 6.15. The second-order valence-electron chi connectivity index (χ2n) is 6.94. The Labute approximate surface area is 179 Å². The number of Topliss-reactive ketones (excluding diaryl/α,β-unsaturated/α-hetero) is 1. The third-order valence-electron chi connectivity index (χ3n) is 4.77. The van der Waals surface area contributed by atoms with Crippen LogP contribution in [-0.2, 0) is 20.7 Å². The number of methoxy groups -OCH3 is 1. The summed E-state index contributed by atoms with van der Waals surface area (Å²) >= 11 is 7.24. The van der Waals surface area contributed by atoms with Crippen molar-refractivity contribution in [3.05, 3.63) is 71.1 Å². The molecule has 0 aliphatic carbocycles. The number of carbonyl (C=O) groups excluding carboxylic acids is 2. The smallest absolute Gasteiger partial charge is 0.333 e. The molecule has 1 aromatic heterocycles. The summed E-state index contributed by atoms with van der Waals surface area (Å²) in [7, 11) is 1.37. The first kappa shape index (κ1) is 21.1. The Kier molecular flexibility index (Phi) is 7.12. The monoisotopic (exact) mass is 425 g/mol. The summed E-state index contributed by atoms with van der Waals surface area (Å²) in [6.45, 7) is 1.56. The zero-order valence-corrected chi connectivity index (χ0v) is 18.0. The van der Waals surface area contributed by atoms with Crippen LogP contribution in [0.5, 0.6) is 0 Å². The highest BCUT2D eigenvalue weighted by Gasteiger charge is 2.28. The standard InChI is InChI=1S/C23H23NO3S2/c1-15(25)12-17(13-16-8-4-3-5-9-16)22(28)24-21(23(26)27-2)19-14-29-20-11-7-6-10-18(19)20/h3-11,14,17,21H,12-13H2,1-2H3,(H,24,28). The lowest BCUT2D eigenvalue weighted by Gasteiger charge is -2.23. The van der Waals surface area contributed by atoms with Gasteiger partial charge >= 0.3 is 5.97 Å². The van der Waals surface area contributed by atoms with Crippen LogP contribution in [0, 0.1) is 5.92 Å². The predicted octanol–water partition coefficient (Wildman–Crippen LogP) is 4.87. The van der Waals surface area contributed by atoms with Crippen molar-refractivity contribution in [3.63, 3.8) is 0 Å². The van der Waals surface area contributed by atoms with Crippen LogP contribution in [0.2, 0.25) is 0 Å². The number of benzene rings is 2. The highest BCUT2D eigenvalue weighted by Crippen LogP contribution is 2.31. The molecule has 0 amide bonds. The van der Waals surface area contributed by atoms with Crippen molar-refractivity contribution in [2.45, 2.75) is 25.8 Å². The Morgan fingerprint density at radius 2 is 1.79 bits per heavy atom. The zero-order chi connectivity index (χ0) is 20.8. The predicted molar refractivity (Wildman–Crippen MR) is 121 cm³/mol. The van der Waals surface area contributed by atoms with Crippen LogP contribution in [0.1, 0.15) is 30.5 Å². The Bertz CT molecular complexity index is 1010. The topological polar surface area (TPSA) is 55.4 Å². The van der Waals surface area contributed by atoms with Crippen molar-refractivity contribution in [3.8, 4) is 0 Å². The Balaban J connectivity index is 1.87. The Hall–Kier alpha value is -2.57. The number of ether oxygens (including phenoxy) is 1. The largest absolute Gasteiger partial charge is 0.467 e. The summed E-state index contributed by atoms with van der Waals surface area (Å²) in [6.07, 6.45) is 0.948. The molecule has 2 atom stereocenters. The molecule has 0 spiro atoms. The molecule has 0 aliphatic rings. The van der Waals surface area contributed by atoms with Crippen LogP contribution in [0.3, 0.4) is 0 Å². The van der Waals surface area contributed by atoms with Crippen LogP contribution in [0.25, 0.3) is 10.1 Å². The third-order valence-corrected chi connectivity index (χ3v) is 6.21. The number of thiophene rings is 1. The van der Waals surface area contributed by atoms with Gasteiger partial charge in [-0.3, -0.25) is 0 Å². The molecule has 0 saturated carbocycles. The number of rotatable bonds is 8.